The molecule has 3 fully saturated rings. The van der Waals surface area contributed by atoms with Crippen LogP contribution in [-0.2, 0) is 9.53 Å². The van der Waals surface area contributed by atoms with Crippen molar-refractivity contribution in [3.8, 4) is 5.75 Å². The summed E-state index contributed by atoms with van der Waals surface area (Å²) in [6, 6.07) is 8.74. The number of likely N-dealkylation sites (tertiary alicyclic amines) is 1. The highest BCUT2D eigenvalue weighted by Crippen LogP contribution is 2.48. The fourth-order valence-corrected chi connectivity index (χ4v) is 5.88. The molecule has 3 saturated heterocycles. The quantitative estimate of drug-likeness (QED) is 0.761. The average Bonchev–Trinajstić information content (AvgIpc) is 3.00. The largest absolute Gasteiger partial charge is 0.493 e. The molecule has 0 aromatic heterocycles. The number of para-hydroxylation sites is 1. The summed E-state index contributed by atoms with van der Waals surface area (Å²) in [6.45, 7) is 8.09. The lowest BCUT2D eigenvalue weighted by molar-refractivity contribution is -0.136. The zero-order valence-corrected chi connectivity index (χ0v) is 18.2. The Morgan fingerprint density at radius 3 is 2.80 bits per heavy atom. The van der Waals surface area contributed by atoms with Crippen LogP contribution < -0.4 is 4.74 Å². The van der Waals surface area contributed by atoms with Crippen molar-refractivity contribution >= 4 is 5.91 Å². The van der Waals surface area contributed by atoms with E-state index in [4.69, 9.17) is 9.47 Å². The SMILES string of the molecule is CN1CCCN(C(=O)[C@@H]2CN(CC3CCOCC3)[C@H]3c4ccccc4OC[C@@H]23)CC1. The first kappa shape index (κ1) is 20.3. The first-order chi connectivity index (χ1) is 14.7. The van der Waals surface area contributed by atoms with Crippen molar-refractivity contribution in [2.24, 2.45) is 17.8 Å². The standard InChI is InChI=1S/C24H35N3O3/c1-25-9-4-10-26(12-11-25)24(28)20-16-27(15-18-7-13-29-14-8-18)23-19-5-2-3-6-22(19)30-17-21(20)23/h2-3,5-6,18,20-21,23H,4,7-17H2,1H3/t20-,21+,23+/m1/s1. The summed E-state index contributed by atoms with van der Waals surface area (Å²) < 4.78 is 11.7. The Morgan fingerprint density at radius 2 is 1.93 bits per heavy atom. The minimum atomic E-state index is 0.0339. The van der Waals surface area contributed by atoms with Gasteiger partial charge in [0.05, 0.1) is 12.5 Å². The van der Waals surface area contributed by atoms with Gasteiger partial charge in [-0.1, -0.05) is 18.2 Å². The van der Waals surface area contributed by atoms with E-state index in [0.29, 0.717) is 24.5 Å². The van der Waals surface area contributed by atoms with Gasteiger partial charge in [0.2, 0.25) is 5.91 Å². The van der Waals surface area contributed by atoms with Crippen molar-refractivity contribution in [1.82, 2.24) is 14.7 Å². The summed E-state index contributed by atoms with van der Waals surface area (Å²) >= 11 is 0. The van der Waals surface area contributed by atoms with Crippen LogP contribution in [0.3, 0.4) is 0 Å². The molecule has 4 aliphatic heterocycles. The third-order valence-corrected chi connectivity index (χ3v) is 7.60. The van der Waals surface area contributed by atoms with Crippen LogP contribution in [0.2, 0.25) is 0 Å². The van der Waals surface area contributed by atoms with E-state index in [2.05, 4.69) is 39.9 Å². The zero-order chi connectivity index (χ0) is 20.5. The minimum absolute atomic E-state index is 0.0339. The van der Waals surface area contributed by atoms with Crippen molar-refractivity contribution in [3.63, 3.8) is 0 Å². The second-order valence-electron chi connectivity index (χ2n) is 9.56. The molecule has 4 heterocycles. The fraction of sp³-hybridized carbons (Fsp3) is 0.708. The molecule has 3 atom stereocenters. The number of amides is 1. The zero-order valence-electron chi connectivity index (χ0n) is 18.2. The van der Waals surface area contributed by atoms with E-state index in [9.17, 15) is 4.79 Å². The van der Waals surface area contributed by atoms with Gasteiger partial charge in [-0.3, -0.25) is 9.69 Å². The van der Waals surface area contributed by atoms with Gasteiger partial charge in [-0.15, -0.1) is 0 Å². The van der Waals surface area contributed by atoms with Gasteiger partial charge in [-0.2, -0.15) is 0 Å². The van der Waals surface area contributed by atoms with E-state index in [1.807, 2.05) is 6.07 Å². The topological polar surface area (TPSA) is 45.2 Å². The minimum Gasteiger partial charge on any atom is -0.493 e. The molecular weight excluding hydrogens is 378 g/mol. The number of benzene rings is 1. The molecule has 1 aromatic rings. The molecule has 0 N–H and O–H groups in total. The summed E-state index contributed by atoms with van der Waals surface area (Å²) in [4.78, 5) is 20.7. The molecule has 30 heavy (non-hydrogen) atoms. The molecule has 5 rings (SSSR count). The van der Waals surface area contributed by atoms with Gasteiger partial charge >= 0.3 is 0 Å². The number of carbonyl (C=O) groups excluding carboxylic acids is 1. The third kappa shape index (κ3) is 3.97. The van der Waals surface area contributed by atoms with Gasteiger partial charge in [-0.05, 0) is 44.8 Å². The Labute approximate surface area is 180 Å². The Balaban J connectivity index is 1.38. The maximum absolute atomic E-state index is 13.7. The Morgan fingerprint density at radius 1 is 1.10 bits per heavy atom. The molecule has 0 spiro atoms. The Bertz CT molecular complexity index is 751. The lowest BCUT2D eigenvalue weighted by atomic mass is 9.84. The molecule has 0 radical (unpaired) electrons. The number of carbonyl (C=O) groups is 1. The molecule has 0 unspecified atom stereocenters. The van der Waals surface area contributed by atoms with E-state index in [-0.39, 0.29) is 11.8 Å². The maximum Gasteiger partial charge on any atom is 0.227 e. The summed E-state index contributed by atoms with van der Waals surface area (Å²) in [7, 11) is 2.15. The van der Waals surface area contributed by atoms with Crippen molar-refractivity contribution in [2.75, 3.05) is 66.1 Å². The van der Waals surface area contributed by atoms with Gasteiger partial charge in [0.15, 0.2) is 0 Å². The van der Waals surface area contributed by atoms with E-state index in [1.165, 1.54) is 5.56 Å². The fourth-order valence-electron chi connectivity index (χ4n) is 5.88. The van der Waals surface area contributed by atoms with E-state index in [1.54, 1.807) is 0 Å². The number of hydrogen-bond donors (Lipinski definition) is 0. The van der Waals surface area contributed by atoms with E-state index < -0.39 is 0 Å². The normalized spacial score (nSPS) is 31.0. The molecular formula is C24H35N3O3. The first-order valence-electron chi connectivity index (χ1n) is 11.7. The number of fused-ring (bicyclic) bond motifs is 3. The van der Waals surface area contributed by atoms with Crippen molar-refractivity contribution in [3.05, 3.63) is 29.8 Å². The maximum atomic E-state index is 13.7. The van der Waals surface area contributed by atoms with Crippen molar-refractivity contribution < 1.29 is 14.3 Å². The monoisotopic (exact) mass is 413 g/mol. The summed E-state index contributed by atoms with van der Waals surface area (Å²) in [5.74, 6) is 2.29. The number of rotatable bonds is 3. The smallest absolute Gasteiger partial charge is 0.227 e. The van der Waals surface area contributed by atoms with Crippen LogP contribution >= 0.6 is 0 Å². The molecule has 4 aliphatic rings. The van der Waals surface area contributed by atoms with Crippen LogP contribution in [0.15, 0.2) is 24.3 Å². The molecule has 0 bridgehead atoms. The first-order valence-corrected chi connectivity index (χ1v) is 11.7. The van der Waals surface area contributed by atoms with Crippen molar-refractivity contribution in [1.29, 1.82) is 0 Å². The van der Waals surface area contributed by atoms with Crippen LogP contribution in [-0.4, -0.2) is 86.7 Å². The number of hydrogen-bond acceptors (Lipinski definition) is 5. The molecule has 1 aromatic carbocycles. The summed E-state index contributed by atoms with van der Waals surface area (Å²) in [5, 5.41) is 0. The molecule has 164 valence electrons. The van der Waals surface area contributed by atoms with Crippen LogP contribution in [0.1, 0.15) is 30.9 Å². The van der Waals surface area contributed by atoms with E-state index >= 15 is 0 Å². The number of likely N-dealkylation sites (N-methyl/N-ethyl adjacent to an activating group) is 1. The van der Waals surface area contributed by atoms with Crippen LogP contribution in [0.4, 0.5) is 0 Å². The molecule has 0 saturated carbocycles. The highest BCUT2D eigenvalue weighted by atomic mass is 16.5. The van der Waals surface area contributed by atoms with Gasteiger partial charge in [0.1, 0.15) is 5.75 Å². The van der Waals surface area contributed by atoms with Crippen LogP contribution in [0.5, 0.6) is 5.75 Å². The number of ether oxygens (including phenoxy) is 2. The highest BCUT2D eigenvalue weighted by molar-refractivity contribution is 5.80. The van der Waals surface area contributed by atoms with Gasteiger partial charge in [0.25, 0.3) is 0 Å². The molecule has 6 nitrogen and oxygen atoms in total. The predicted molar refractivity (Wildman–Crippen MR) is 115 cm³/mol. The molecule has 1 amide bonds. The highest BCUT2D eigenvalue weighted by Gasteiger charge is 2.50. The van der Waals surface area contributed by atoms with Crippen LogP contribution in [0.25, 0.3) is 0 Å². The summed E-state index contributed by atoms with van der Waals surface area (Å²) in [6.07, 6.45) is 3.32. The second-order valence-corrected chi connectivity index (χ2v) is 9.56. The number of nitrogens with zero attached hydrogens (tertiary/aromatic N) is 3. The average molecular weight is 414 g/mol. The van der Waals surface area contributed by atoms with Crippen LogP contribution in [0, 0.1) is 17.8 Å². The van der Waals surface area contributed by atoms with Gasteiger partial charge in [-0.25, -0.2) is 0 Å². The third-order valence-electron chi connectivity index (χ3n) is 7.60. The van der Waals surface area contributed by atoms with Crippen molar-refractivity contribution in [2.45, 2.75) is 25.3 Å². The Kier molecular flexibility index (Phi) is 5.98. The predicted octanol–water partition coefficient (Wildman–Crippen LogP) is 2.26. The lowest BCUT2D eigenvalue weighted by Crippen LogP contribution is -2.42. The Hall–Kier alpha value is -1.63. The van der Waals surface area contributed by atoms with Gasteiger partial charge in [0, 0.05) is 63.5 Å². The van der Waals surface area contributed by atoms with E-state index in [0.717, 1.165) is 77.5 Å². The lowest BCUT2D eigenvalue weighted by Gasteiger charge is -2.36. The van der Waals surface area contributed by atoms with Gasteiger partial charge < -0.3 is 19.3 Å². The summed E-state index contributed by atoms with van der Waals surface area (Å²) in [5.41, 5.74) is 1.27. The molecule has 0 aliphatic carbocycles. The second kappa shape index (κ2) is 8.85. The molecule has 6 heteroatoms.